The lowest BCUT2D eigenvalue weighted by Crippen LogP contribution is -2.35. The van der Waals surface area contributed by atoms with E-state index in [1.165, 1.54) is 29.8 Å². The molecule has 4 aromatic rings. The fourth-order valence-electron chi connectivity index (χ4n) is 5.87. The number of rotatable bonds is 6. The summed E-state index contributed by atoms with van der Waals surface area (Å²) in [6, 6.07) is 3.05. The second-order valence-electron chi connectivity index (χ2n) is 10.6. The van der Waals surface area contributed by atoms with Crippen LogP contribution in [0, 0.1) is 5.82 Å². The molecule has 2 aliphatic heterocycles. The highest BCUT2D eigenvalue weighted by molar-refractivity contribution is 5.83. The molecule has 0 atom stereocenters. The van der Waals surface area contributed by atoms with E-state index < -0.39 is 17.6 Å². The molecule has 0 amide bonds. The van der Waals surface area contributed by atoms with E-state index in [1.807, 2.05) is 0 Å². The predicted molar refractivity (Wildman–Crippen MR) is 142 cm³/mol. The number of H-pyrrole nitrogens is 1. The molecule has 13 heteroatoms. The zero-order chi connectivity index (χ0) is 28.0. The zero-order valence-electron chi connectivity index (χ0n) is 22.1. The standard InChI is InChI=1S/C27H30F4N8O/c1-36-22-23(35-26(36)40)32-16-33-25(22)38-10-6-17(7-11-38)24-34-21(15-39(24)13-12-37-8-2-3-9-37)18-4-5-20(28)19(14-18)27(29,30)31/h4-5,14-17H,2-3,6-13H2,1H3,(H,32,33,35,40). The minimum absolute atomic E-state index is 0.0819. The quantitative estimate of drug-likeness (QED) is 0.358. The number of nitrogens with one attached hydrogen (secondary N) is 1. The highest BCUT2D eigenvalue weighted by Gasteiger charge is 2.35. The molecule has 5 heterocycles. The van der Waals surface area contributed by atoms with Crippen LogP contribution < -0.4 is 10.6 Å². The Morgan fingerprint density at radius 3 is 2.52 bits per heavy atom. The van der Waals surface area contributed by atoms with Gasteiger partial charge in [0, 0.05) is 50.9 Å². The Morgan fingerprint density at radius 2 is 1.80 bits per heavy atom. The van der Waals surface area contributed by atoms with Crippen molar-refractivity contribution in [3.63, 3.8) is 0 Å². The van der Waals surface area contributed by atoms with Crippen LogP contribution in [0.25, 0.3) is 22.4 Å². The smallest absolute Gasteiger partial charge is 0.355 e. The number of aromatic amines is 1. The van der Waals surface area contributed by atoms with Gasteiger partial charge in [-0.15, -0.1) is 0 Å². The van der Waals surface area contributed by atoms with Crippen LogP contribution in [0.15, 0.2) is 35.5 Å². The van der Waals surface area contributed by atoms with Gasteiger partial charge in [-0.25, -0.2) is 24.1 Å². The van der Waals surface area contributed by atoms with Gasteiger partial charge in [-0.1, -0.05) is 0 Å². The van der Waals surface area contributed by atoms with Gasteiger partial charge in [-0.2, -0.15) is 13.2 Å². The van der Waals surface area contributed by atoms with Crippen LogP contribution in [-0.4, -0.2) is 66.7 Å². The number of fused-ring (bicyclic) bond motifs is 1. The summed E-state index contributed by atoms with van der Waals surface area (Å²) in [5.41, 5.74) is 0.236. The number of halogens is 4. The molecule has 212 valence electrons. The average Bonchev–Trinajstić information content (AvgIpc) is 3.67. The summed E-state index contributed by atoms with van der Waals surface area (Å²) in [4.78, 5) is 32.9. The Bertz CT molecular complexity index is 1580. The number of imidazole rings is 2. The van der Waals surface area contributed by atoms with Crippen LogP contribution >= 0.6 is 0 Å². The Balaban J connectivity index is 1.28. The van der Waals surface area contributed by atoms with Crippen LogP contribution in [0.1, 0.15) is 43.0 Å². The summed E-state index contributed by atoms with van der Waals surface area (Å²) in [5.74, 6) is 0.302. The van der Waals surface area contributed by atoms with E-state index in [4.69, 9.17) is 4.98 Å². The minimum Gasteiger partial charge on any atom is -0.355 e. The Hall–Kier alpha value is -3.74. The number of likely N-dealkylation sites (tertiary alicyclic amines) is 1. The molecule has 6 rings (SSSR count). The summed E-state index contributed by atoms with van der Waals surface area (Å²) in [5, 5.41) is 0. The van der Waals surface area contributed by atoms with Gasteiger partial charge in [0.1, 0.15) is 23.5 Å². The van der Waals surface area contributed by atoms with Gasteiger partial charge in [0.2, 0.25) is 0 Å². The molecule has 0 spiro atoms. The average molecular weight is 559 g/mol. The van der Waals surface area contributed by atoms with Crippen molar-refractivity contribution < 1.29 is 17.6 Å². The lowest BCUT2D eigenvalue weighted by Gasteiger charge is -2.33. The number of hydrogen-bond acceptors (Lipinski definition) is 6. The first kappa shape index (κ1) is 26.5. The predicted octanol–water partition coefficient (Wildman–Crippen LogP) is 4.16. The van der Waals surface area contributed by atoms with Crippen molar-refractivity contribution in [3.05, 3.63) is 58.4 Å². The van der Waals surface area contributed by atoms with E-state index in [0.29, 0.717) is 42.3 Å². The largest absolute Gasteiger partial charge is 0.419 e. The highest BCUT2D eigenvalue weighted by Crippen LogP contribution is 2.36. The molecular weight excluding hydrogens is 528 g/mol. The van der Waals surface area contributed by atoms with E-state index >= 15 is 0 Å². The van der Waals surface area contributed by atoms with E-state index in [1.54, 1.807) is 13.2 Å². The minimum atomic E-state index is -4.79. The lowest BCUT2D eigenvalue weighted by atomic mass is 9.95. The summed E-state index contributed by atoms with van der Waals surface area (Å²) < 4.78 is 57.8. The van der Waals surface area contributed by atoms with Crippen molar-refractivity contribution in [3.8, 4) is 11.3 Å². The number of aryl methyl sites for hydroxylation is 1. The first-order valence-electron chi connectivity index (χ1n) is 13.5. The number of piperidine rings is 1. The fraction of sp³-hybridized carbons (Fsp3) is 0.481. The van der Waals surface area contributed by atoms with Crippen molar-refractivity contribution in [1.82, 2.24) is 34.0 Å². The second kappa shape index (κ2) is 10.3. The van der Waals surface area contributed by atoms with Gasteiger partial charge in [0.05, 0.1) is 11.3 Å². The van der Waals surface area contributed by atoms with Crippen LogP contribution in [0.2, 0.25) is 0 Å². The van der Waals surface area contributed by atoms with Crippen molar-refractivity contribution >= 4 is 17.0 Å². The summed E-state index contributed by atoms with van der Waals surface area (Å²) in [6.07, 6.45) is 2.29. The number of alkyl halides is 3. The van der Waals surface area contributed by atoms with E-state index in [9.17, 15) is 22.4 Å². The first-order valence-corrected chi connectivity index (χ1v) is 13.5. The SMILES string of the molecule is Cn1c(=O)[nH]c2ncnc(N3CCC(c4nc(-c5ccc(F)c(C(F)(F)F)c5)cn4CCN4CCCC4)CC3)c21. The molecular formula is C27H30F4N8O. The van der Waals surface area contributed by atoms with Gasteiger partial charge in [0.25, 0.3) is 0 Å². The normalized spacial score (nSPS) is 17.4. The van der Waals surface area contributed by atoms with Crippen molar-refractivity contribution in [2.45, 2.75) is 44.3 Å². The molecule has 0 unspecified atom stereocenters. The number of nitrogens with zero attached hydrogens (tertiary/aromatic N) is 7. The van der Waals surface area contributed by atoms with Gasteiger partial charge >= 0.3 is 11.9 Å². The number of aromatic nitrogens is 6. The Kier molecular flexibility index (Phi) is 6.85. The third-order valence-corrected chi connectivity index (χ3v) is 8.06. The molecule has 2 saturated heterocycles. The van der Waals surface area contributed by atoms with Crippen LogP contribution in [0.4, 0.5) is 23.4 Å². The van der Waals surface area contributed by atoms with Crippen LogP contribution in [0.5, 0.6) is 0 Å². The monoisotopic (exact) mass is 558 g/mol. The number of anilines is 1. The van der Waals surface area contributed by atoms with Gasteiger partial charge in [-0.3, -0.25) is 9.55 Å². The summed E-state index contributed by atoms with van der Waals surface area (Å²) in [6.45, 7) is 4.92. The Labute approximate surface area is 227 Å². The first-order chi connectivity index (χ1) is 19.2. The summed E-state index contributed by atoms with van der Waals surface area (Å²) in [7, 11) is 1.68. The van der Waals surface area contributed by atoms with E-state index in [0.717, 1.165) is 50.4 Å². The molecule has 0 bridgehead atoms. The molecule has 0 aliphatic carbocycles. The third kappa shape index (κ3) is 4.98. The van der Waals surface area contributed by atoms with Gasteiger partial charge in [0.15, 0.2) is 11.5 Å². The zero-order valence-corrected chi connectivity index (χ0v) is 22.1. The molecule has 1 N–H and O–H groups in total. The number of benzene rings is 1. The highest BCUT2D eigenvalue weighted by atomic mass is 19.4. The van der Waals surface area contributed by atoms with Gasteiger partial charge in [-0.05, 0) is 57.0 Å². The molecule has 1 aromatic carbocycles. The topological polar surface area (TPSA) is 87.9 Å². The van der Waals surface area contributed by atoms with E-state index in [2.05, 4.69) is 29.3 Å². The van der Waals surface area contributed by atoms with Gasteiger partial charge < -0.3 is 14.4 Å². The molecule has 3 aromatic heterocycles. The van der Waals surface area contributed by atoms with Crippen molar-refractivity contribution in [1.29, 1.82) is 0 Å². The van der Waals surface area contributed by atoms with Crippen LogP contribution in [0.3, 0.4) is 0 Å². The Morgan fingerprint density at radius 1 is 1.05 bits per heavy atom. The van der Waals surface area contributed by atoms with Crippen molar-refractivity contribution in [2.75, 3.05) is 37.6 Å². The fourth-order valence-corrected chi connectivity index (χ4v) is 5.87. The number of hydrogen-bond donors (Lipinski definition) is 1. The van der Waals surface area contributed by atoms with Crippen molar-refractivity contribution in [2.24, 2.45) is 7.05 Å². The maximum Gasteiger partial charge on any atom is 0.419 e. The molecule has 2 fully saturated rings. The second-order valence-corrected chi connectivity index (χ2v) is 10.6. The van der Waals surface area contributed by atoms with E-state index in [-0.39, 0.29) is 17.2 Å². The molecule has 9 nitrogen and oxygen atoms in total. The maximum atomic E-state index is 14.0. The summed E-state index contributed by atoms with van der Waals surface area (Å²) >= 11 is 0. The molecule has 2 aliphatic rings. The lowest BCUT2D eigenvalue weighted by molar-refractivity contribution is -0.139. The molecule has 0 saturated carbocycles. The van der Waals surface area contributed by atoms with Crippen LogP contribution in [-0.2, 0) is 19.8 Å². The third-order valence-electron chi connectivity index (χ3n) is 8.06. The molecule has 0 radical (unpaired) electrons. The maximum absolute atomic E-state index is 14.0. The molecule has 40 heavy (non-hydrogen) atoms.